The molecule has 90 valence electrons. The van der Waals surface area contributed by atoms with Gasteiger partial charge in [0, 0.05) is 20.6 Å². The van der Waals surface area contributed by atoms with Gasteiger partial charge in [-0.1, -0.05) is 24.4 Å². The Morgan fingerprint density at radius 3 is 2.31 bits per heavy atom. The summed E-state index contributed by atoms with van der Waals surface area (Å²) in [6.45, 7) is 0.105. The van der Waals surface area contributed by atoms with Gasteiger partial charge in [0.2, 0.25) is 0 Å². The molecule has 0 unspecified atom stereocenters. The first kappa shape index (κ1) is 13.5. The monoisotopic (exact) mass is 280 g/mol. The molecule has 0 atom stereocenters. The van der Waals surface area contributed by atoms with Crippen molar-refractivity contribution in [1.82, 2.24) is 0 Å². The summed E-state index contributed by atoms with van der Waals surface area (Å²) >= 11 is 10.1. The van der Waals surface area contributed by atoms with E-state index in [1.165, 1.54) is 0 Å². The fourth-order valence-electron chi connectivity index (χ4n) is 1.28. The fraction of sp³-hybridized carbons (Fsp3) is 0.500. The third-order valence-corrected chi connectivity index (χ3v) is 3.65. The zero-order valence-electron chi connectivity index (χ0n) is 8.85. The van der Waals surface area contributed by atoms with Gasteiger partial charge in [0.1, 0.15) is 0 Å². The molecule has 0 bridgehead atoms. The SMILES string of the molecule is CN(C)c1c(NCCS(=O)(=O)O)c(=S)c1=S. The molecule has 0 aromatic heterocycles. The molecule has 0 heterocycles. The quantitative estimate of drug-likeness (QED) is 0.624. The van der Waals surface area contributed by atoms with Gasteiger partial charge in [-0.15, -0.1) is 0 Å². The molecule has 0 aliphatic carbocycles. The number of nitrogens with zero attached hydrogens (tertiary/aromatic N) is 1. The molecule has 1 rings (SSSR count). The smallest absolute Gasteiger partial charge is 0.266 e. The highest BCUT2D eigenvalue weighted by Crippen LogP contribution is 2.34. The normalized spacial score (nSPS) is 11.7. The van der Waals surface area contributed by atoms with E-state index in [0.29, 0.717) is 14.7 Å². The number of rotatable bonds is 5. The summed E-state index contributed by atoms with van der Waals surface area (Å²) in [5.41, 5.74) is 1.48. The van der Waals surface area contributed by atoms with E-state index in [1.807, 2.05) is 19.0 Å². The van der Waals surface area contributed by atoms with Crippen LogP contribution in [0.25, 0.3) is 0 Å². The highest BCUT2D eigenvalue weighted by atomic mass is 32.2. The second-order valence-corrected chi connectivity index (χ2v) is 5.88. The maximum atomic E-state index is 10.5. The standard InChI is InChI=1S/C8H12N2O3S3/c1-10(2)6-5(7(14)8(6)15)9-3-4-16(11,12)13/h9H,3-4H2,1-2H3,(H,11,12,13). The Morgan fingerprint density at radius 2 is 1.88 bits per heavy atom. The van der Waals surface area contributed by atoms with Gasteiger partial charge in [-0.05, 0) is 0 Å². The molecule has 0 spiro atoms. The summed E-state index contributed by atoms with van der Waals surface area (Å²) in [7, 11) is -0.293. The van der Waals surface area contributed by atoms with E-state index in [9.17, 15) is 8.42 Å². The Morgan fingerprint density at radius 1 is 1.31 bits per heavy atom. The van der Waals surface area contributed by atoms with Gasteiger partial charge in [0.05, 0.1) is 26.1 Å². The van der Waals surface area contributed by atoms with Gasteiger partial charge in [0.15, 0.2) is 0 Å². The van der Waals surface area contributed by atoms with Crippen molar-refractivity contribution in [2.45, 2.75) is 0 Å². The molecule has 0 fully saturated rings. The van der Waals surface area contributed by atoms with Crippen LogP contribution in [0.15, 0.2) is 0 Å². The molecule has 0 saturated heterocycles. The lowest BCUT2D eigenvalue weighted by Crippen LogP contribution is -2.20. The predicted molar refractivity (Wildman–Crippen MR) is 69.7 cm³/mol. The molecule has 2 N–H and O–H groups in total. The number of nitrogens with one attached hydrogen (secondary N) is 1. The molecule has 0 saturated carbocycles. The summed E-state index contributed by atoms with van der Waals surface area (Å²) in [4.78, 5) is 1.81. The minimum absolute atomic E-state index is 0.105. The Labute approximate surface area is 105 Å². The molecule has 8 heteroatoms. The van der Waals surface area contributed by atoms with E-state index in [1.54, 1.807) is 0 Å². The van der Waals surface area contributed by atoms with Crippen LogP contribution >= 0.6 is 24.4 Å². The Bertz CT molecular complexity index is 555. The average Bonchev–Trinajstić information content (AvgIpc) is 2.13. The van der Waals surface area contributed by atoms with Gasteiger partial charge in [-0.3, -0.25) is 4.55 Å². The number of hydrogen-bond acceptors (Lipinski definition) is 6. The lowest BCUT2D eigenvalue weighted by molar-refractivity contribution is 0.484. The van der Waals surface area contributed by atoms with Gasteiger partial charge in [0.25, 0.3) is 10.1 Å². The fourth-order valence-corrected chi connectivity index (χ4v) is 2.29. The van der Waals surface area contributed by atoms with Crippen LogP contribution in [-0.2, 0) is 10.1 Å². The minimum Gasteiger partial charge on any atom is -0.381 e. The lowest BCUT2D eigenvalue weighted by atomic mass is 10.2. The summed E-state index contributed by atoms with van der Waals surface area (Å²) in [5.74, 6) is -0.355. The molecule has 1 aromatic rings. The van der Waals surface area contributed by atoms with E-state index >= 15 is 0 Å². The van der Waals surface area contributed by atoms with Crippen molar-refractivity contribution in [3.05, 3.63) is 9.02 Å². The van der Waals surface area contributed by atoms with Crippen molar-refractivity contribution in [2.24, 2.45) is 0 Å². The largest absolute Gasteiger partial charge is 0.381 e. The summed E-state index contributed by atoms with van der Waals surface area (Å²) < 4.78 is 30.7. The van der Waals surface area contributed by atoms with Crippen molar-refractivity contribution < 1.29 is 13.0 Å². The van der Waals surface area contributed by atoms with Crippen LogP contribution in [0.1, 0.15) is 0 Å². The van der Waals surface area contributed by atoms with E-state index in [-0.39, 0.29) is 12.3 Å². The van der Waals surface area contributed by atoms with E-state index in [4.69, 9.17) is 29.0 Å². The van der Waals surface area contributed by atoms with Crippen molar-refractivity contribution >= 4 is 45.9 Å². The average molecular weight is 280 g/mol. The minimum atomic E-state index is -3.95. The van der Waals surface area contributed by atoms with Crippen LogP contribution in [-0.4, -0.2) is 39.4 Å². The lowest BCUT2D eigenvalue weighted by Gasteiger charge is -2.22. The highest BCUT2D eigenvalue weighted by molar-refractivity contribution is 7.85. The van der Waals surface area contributed by atoms with Gasteiger partial charge >= 0.3 is 0 Å². The Kier molecular flexibility index (Phi) is 4.00. The molecule has 0 aliphatic heterocycles. The molecule has 16 heavy (non-hydrogen) atoms. The first-order valence-corrected chi connectivity index (χ1v) is 6.86. The summed E-state index contributed by atoms with van der Waals surface area (Å²) in [6.07, 6.45) is 0. The molecule has 5 nitrogen and oxygen atoms in total. The van der Waals surface area contributed by atoms with E-state index in [2.05, 4.69) is 5.32 Å². The van der Waals surface area contributed by atoms with Crippen molar-refractivity contribution in [2.75, 3.05) is 36.6 Å². The van der Waals surface area contributed by atoms with Crippen LogP contribution in [0, 0.1) is 9.02 Å². The van der Waals surface area contributed by atoms with Crippen LogP contribution in [0.3, 0.4) is 0 Å². The number of hydrogen-bond donors (Lipinski definition) is 2. The first-order chi connectivity index (χ1) is 7.24. The molecular formula is C8H12N2O3S3. The molecule has 0 radical (unpaired) electrons. The second kappa shape index (κ2) is 4.74. The number of anilines is 2. The molecule has 0 aliphatic rings. The third-order valence-electron chi connectivity index (χ3n) is 1.99. The van der Waals surface area contributed by atoms with Gasteiger partial charge < -0.3 is 10.2 Å². The third kappa shape index (κ3) is 2.97. The molecule has 0 amide bonds. The first-order valence-electron chi connectivity index (χ1n) is 4.43. The molecular weight excluding hydrogens is 268 g/mol. The van der Waals surface area contributed by atoms with Gasteiger partial charge in [-0.25, -0.2) is 0 Å². The Hall–Kier alpha value is -0.570. The van der Waals surface area contributed by atoms with Crippen LogP contribution in [0.4, 0.5) is 11.4 Å². The Balaban J connectivity index is 2.73. The molecule has 1 aromatic carbocycles. The van der Waals surface area contributed by atoms with Crippen LogP contribution < -0.4 is 10.2 Å². The maximum Gasteiger partial charge on any atom is 0.266 e. The van der Waals surface area contributed by atoms with Crippen molar-refractivity contribution in [3.63, 3.8) is 0 Å². The van der Waals surface area contributed by atoms with Gasteiger partial charge in [-0.2, -0.15) is 8.42 Å². The zero-order valence-corrected chi connectivity index (χ0v) is 11.3. The summed E-state index contributed by atoms with van der Waals surface area (Å²) in [5, 5.41) is 2.86. The van der Waals surface area contributed by atoms with Crippen LogP contribution in [0.5, 0.6) is 0 Å². The highest BCUT2D eigenvalue weighted by Gasteiger charge is 2.16. The summed E-state index contributed by atoms with van der Waals surface area (Å²) in [6, 6.07) is 0. The van der Waals surface area contributed by atoms with E-state index < -0.39 is 10.1 Å². The second-order valence-electron chi connectivity index (χ2n) is 3.49. The maximum absolute atomic E-state index is 10.5. The van der Waals surface area contributed by atoms with Crippen LogP contribution in [0.2, 0.25) is 0 Å². The van der Waals surface area contributed by atoms with Crippen molar-refractivity contribution in [1.29, 1.82) is 0 Å². The zero-order chi connectivity index (χ0) is 12.5. The van der Waals surface area contributed by atoms with Crippen molar-refractivity contribution in [3.8, 4) is 0 Å². The predicted octanol–water partition coefficient (Wildman–Crippen LogP) is 1.39. The topological polar surface area (TPSA) is 69.6 Å². The van der Waals surface area contributed by atoms with E-state index in [0.717, 1.165) is 5.69 Å².